The van der Waals surface area contributed by atoms with E-state index in [-0.39, 0.29) is 10.8 Å². The number of fused-ring (bicyclic) bond motifs is 2. The summed E-state index contributed by atoms with van der Waals surface area (Å²) >= 11 is 0. The Labute approximate surface area is 89.7 Å². The minimum atomic E-state index is -0.0550. The van der Waals surface area contributed by atoms with Crippen molar-refractivity contribution in [3.63, 3.8) is 0 Å². The lowest BCUT2D eigenvalue weighted by Gasteiger charge is -2.46. The molecule has 84 valence electrons. The highest BCUT2D eigenvalue weighted by molar-refractivity contribution is 6.11. The second kappa shape index (κ2) is 2.97. The van der Waals surface area contributed by atoms with Gasteiger partial charge in [0.1, 0.15) is 0 Å². The van der Waals surface area contributed by atoms with Crippen LogP contribution in [0.25, 0.3) is 0 Å². The smallest absolute Gasteiger partial charge is 0.0692 e. The van der Waals surface area contributed by atoms with Gasteiger partial charge in [-0.2, -0.15) is 0 Å². The first kappa shape index (κ1) is 10.5. The molecule has 4 nitrogen and oxygen atoms in total. The van der Waals surface area contributed by atoms with Crippen molar-refractivity contribution >= 4 is 11.4 Å². The topological polar surface area (TPSA) is 65.2 Å². The van der Waals surface area contributed by atoms with Crippen LogP contribution in [0.4, 0.5) is 0 Å². The molecule has 2 atom stereocenters. The molecule has 15 heavy (non-hydrogen) atoms. The summed E-state index contributed by atoms with van der Waals surface area (Å²) in [5.74, 6) is 0.318. The van der Waals surface area contributed by atoms with Gasteiger partial charge in [0.25, 0.3) is 0 Å². The molecular weight excluding hydrogens is 192 g/mol. The Kier molecular flexibility index (Phi) is 2.07. The quantitative estimate of drug-likeness (QED) is 0.476. The van der Waals surface area contributed by atoms with E-state index in [9.17, 15) is 0 Å². The SMILES string of the molecule is CC1(C)[C@H]2CC[C@]1(C)/C(=N\O)C/C2=N/O. The zero-order valence-corrected chi connectivity index (χ0v) is 9.49. The highest BCUT2D eigenvalue weighted by atomic mass is 16.4. The fourth-order valence-corrected chi connectivity index (χ4v) is 3.34. The van der Waals surface area contributed by atoms with Gasteiger partial charge in [-0.15, -0.1) is 0 Å². The molecule has 2 saturated carbocycles. The van der Waals surface area contributed by atoms with Crippen molar-refractivity contribution in [2.24, 2.45) is 27.1 Å². The van der Waals surface area contributed by atoms with Gasteiger partial charge >= 0.3 is 0 Å². The molecule has 0 aromatic heterocycles. The first-order valence-corrected chi connectivity index (χ1v) is 5.39. The Balaban J connectivity index is 2.54. The molecule has 0 aromatic rings. The highest BCUT2D eigenvalue weighted by Crippen LogP contribution is 2.60. The van der Waals surface area contributed by atoms with E-state index in [4.69, 9.17) is 10.4 Å². The lowest BCUT2D eigenvalue weighted by Crippen LogP contribution is -2.48. The van der Waals surface area contributed by atoms with Gasteiger partial charge in [0.15, 0.2) is 0 Å². The minimum Gasteiger partial charge on any atom is -0.411 e. The number of oxime groups is 2. The molecule has 2 aliphatic rings. The predicted molar refractivity (Wildman–Crippen MR) is 57.7 cm³/mol. The van der Waals surface area contributed by atoms with E-state index in [0.29, 0.717) is 12.3 Å². The van der Waals surface area contributed by atoms with Gasteiger partial charge in [0.05, 0.1) is 11.4 Å². The standard InChI is InChI=1S/C11H18N2O2/c1-10(2)7-4-5-11(10,3)9(13-15)6-8(7)12-14/h7,14-15H,4-6H2,1-3H3/b12-8-,13-9-/t7-,11+/m0/s1. The molecule has 2 fully saturated rings. The molecule has 2 rings (SSSR count). The van der Waals surface area contributed by atoms with E-state index in [1.165, 1.54) is 0 Å². The van der Waals surface area contributed by atoms with Gasteiger partial charge in [-0.25, -0.2) is 0 Å². The van der Waals surface area contributed by atoms with E-state index in [0.717, 1.165) is 24.3 Å². The molecule has 0 aromatic carbocycles. The molecule has 0 aliphatic heterocycles. The van der Waals surface area contributed by atoms with Crippen LogP contribution in [0.2, 0.25) is 0 Å². The van der Waals surface area contributed by atoms with Crippen molar-refractivity contribution in [2.75, 3.05) is 0 Å². The molecule has 0 heterocycles. The van der Waals surface area contributed by atoms with E-state index >= 15 is 0 Å². The van der Waals surface area contributed by atoms with E-state index in [1.807, 2.05) is 0 Å². The van der Waals surface area contributed by atoms with E-state index in [2.05, 4.69) is 31.1 Å². The summed E-state index contributed by atoms with van der Waals surface area (Å²) in [6.07, 6.45) is 2.53. The Hall–Kier alpha value is -1.06. The van der Waals surface area contributed by atoms with Crippen LogP contribution in [0, 0.1) is 16.7 Å². The molecule has 4 heteroatoms. The van der Waals surface area contributed by atoms with Crippen LogP contribution in [0.15, 0.2) is 10.3 Å². The van der Waals surface area contributed by atoms with Crippen LogP contribution >= 0.6 is 0 Å². The average molecular weight is 210 g/mol. The van der Waals surface area contributed by atoms with Gasteiger partial charge < -0.3 is 10.4 Å². The Morgan fingerprint density at radius 2 is 1.87 bits per heavy atom. The summed E-state index contributed by atoms with van der Waals surface area (Å²) < 4.78 is 0. The molecule has 0 saturated heterocycles. The zero-order chi connectivity index (χ0) is 11.3. The van der Waals surface area contributed by atoms with Gasteiger partial charge in [0.2, 0.25) is 0 Å². The molecule has 0 unspecified atom stereocenters. The van der Waals surface area contributed by atoms with Crippen LogP contribution in [-0.2, 0) is 0 Å². The molecule has 2 aliphatic carbocycles. The van der Waals surface area contributed by atoms with Crippen LogP contribution in [0.5, 0.6) is 0 Å². The lowest BCUT2D eigenvalue weighted by atomic mass is 9.57. The van der Waals surface area contributed by atoms with Gasteiger partial charge in [-0.05, 0) is 18.3 Å². The van der Waals surface area contributed by atoms with Gasteiger partial charge in [0, 0.05) is 17.8 Å². The highest BCUT2D eigenvalue weighted by Gasteiger charge is 2.59. The molecule has 0 spiro atoms. The third-order valence-electron chi connectivity index (χ3n) is 4.86. The van der Waals surface area contributed by atoms with Crippen LogP contribution < -0.4 is 0 Å². The van der Waals surface area contributed by atoms with E-state index in [1.54, 1.807) is 0 Å². The minimum absolute atomic E-state index is 0.00831. The third-order valence-corrected chi connectivity index (χ3v) is 4.86. The second-order valence-corrected chi connectivity index (χ2v) is 5.46. The molecule has 2 N–H and O–H groups in total. The largest absolute Gasteiger partial charge is 0.411 e. The predicted octanol–water partition coefficient (Wildman–Crippen LogP) is 2.49. The van der Waals surface area contributed by atoms with Gasteiger partial charge in [-0.3, -0.25) is 0 Å². The maximum Gasteiger partial charge on any atom is 0.0692 e. The van der Waals surface area contributed by atoms with Gasteiger partial charge in [-0.1, -0.05) is 31.1 Å². The molecule has 0 radical (unpaired) electrons. The van der Waals surface area contributed by atoms with Crippen molar-refractivity contribution in [2.45, 2.75) is 40.0 Å². The Morgan fingerprint density at radius 3 is 2.40 bits per heavy atom. The van der Waals surface area contributed by atoms with Crippen LogP contribution in [0.3, 0.4) is 0 Å². The van der Waals surface area contributed by atoms with Crippen LogP contribution in [0.1, 0.15) is 40.0 Å². The summed E-state index contributed by atoms with van der Waals surface area (Å²) in [4.78, 5) is 0. The van der Waals surface area contributed by atoms with Crippen molar-refractivity contribution in [1.82, 2.24) is 0 Å². The summed E-state index contributed by atoms with van der Waals surface area (Å²) in [6.45, 7) is 6.48. The van der Waals surface area contributed by atoms with Crippen molar-refractivity contribution in [1.29, 1.82) is 0 Å². The maximum absolute atomic E-state index is 9.07. The third kappa shape index (κ3) is 1.08. The number of nitrogens with zero attached hydrogens (tertiary/aromatic N) is 2. The first-order chi connectivity index (χ1) is 6.97. The lowest BCUT2D eigenvalue weighted by molar-refractivity contribution is 0.164. The van der Waals surface area contributed by atoms with Crippen molar-refractivity contribution < 1.29 is 10.4 Å². The maximum atomic E-state index is 9.07. The average Bonchev–Trinajstić information content (AvgIpc) is 2.37. The van der Waals surface area contributed by atoms with Crippen molar-refractivity contribution in [3.8, 4) is 0 Å². The normalized spacial score (nSPS) is 43.8. The number of rotatable bonds is 0. The molecule has 2 bridgehead atoms. The second-order valence-electron chi connectivity index (χ2n) is 5.46. The molecular formula is C11H18N2O2. The molecule has 0 amide bonds. The first-order valence-electron chi connectivity index (χ1n) is 5.39. The fourth-order valence-electron chi connectivity index (χ4n) is 3.34. The van der Waals surface area contributed by atoms with Crippen molar-refractivity contribution in [3.05, 3.63) is 0 Å². The summed E-state index contributed by atoms with van der Waals surface area (Å²) in [6, 6.07) is 0. The summed E-state index contributed by atoms with van der Waals surface area (Å²) in [5.41, 5.74) is 1.48. The zero-order valence-electron chi connectivity index (χ0n) is 9.49. The Morgan fingerprint density at radius 1 is 1.20 bits per heavy atom. The fraction of sp³-hybridized carbons (Fsp3) is 0.818. The number of hydrogen-bond acceptors (Lipinski definition) is 4. The Bertz CT molecular complexity index is 346. The monoisotopic (exact) mass is 210 g/mol. The number of hydrogen-bond donors (Lipinski definition) is 2. The summed E-state index contributed by atoms with van der Waals surface area (Å²) in [7, 11) is 0. The summed E-state index contributed by atoms with van der Waals surface area (Å²) in [5, 5.41) is 24.9. The van der Waals surface area contributed by atoms with Crippen LogP contribution in [-0.4, -0.2) is 21.8 Å². The van der Waals surface area contributed by atoms with E-state index < -0.39 is 0 Å².